The van der Waals surface area contributed by atoms with E-state index >= 15 is 0 Å². The molecule has 0 amide bonds. The van der Waals surface area contributed by atoms with E-state index in [1.807, 2.05) is 0 Å². The minimum absolute atomic E-state index is 0.00683. The third kappa shape index (κ3) is 1.58. The average molecular weight is 220 g/mol. The molecule has 3 nitrogen and oxygen atoms in total. The van der Waals surface area contributed by atoms with Crippen LogP contribution in [0.2, 0.25) is 0 Å². The number of carbonyl (C=O) groups excluding carboxylic acids is 2. The Morgan fingerprint density at radius 2 is 1.62 bits per heavy atom. The molecule has 0 atom stereocenters. The highest BCUT2D eigenvalue weighted by molar-refractivity contribution is 5.98. The molecule has 3 aliphatic carbocycles. The fraction of sp³-hybridized carbons (Fsp3) is 0.692. The SMILES string of the molecule is O=C(/C=C(\O)C1(C(=O)C2CC2)CC1)C1CC1. The van der Waals surface area contributed by atoms with Crippen LogP contribution in [-0.2, 0) is 9.59 Å². The van der Waals surface area contributed by atoms with Gasteiger partial charge in [0.1, 0.15) is 11.5 Å². The number of aliphatic hydroxyl groups excluding tert-OH is 1. The Morgan fingerprint density at radius 1 is 1.06 bits per heavy atom. The van der Waals surface area contributed by atoms with Gasteiger partial charge in [0, 0.05) is 17.9 Å². The number of hydrogen-bond donors (Lipinski definition) is 1. The van der Waals surface area contributed by atoms with Gasteiger partial charge in [-0.15, -0.1) is 0 Å². The number of aliphatic hydroxyl groups is 1. The fourth-order valence-electron chi connectivity index (χ4n) is 2.25. The van der Waals surface area contributed by atoms with Crippen molar-refractivity contribution in [3.63, 3.8) is 0 Å². The number of hydrogen-bond acceptors (Lipinski definition) is 3. The summed E-state index contributed by atoms with van der Waals surface area (Å²) in [6.45, 7) is 0. The van der Waals surface area contributed by atoms with E-state index < -0.39 is 5.41 Å². The molecule has 0 heterocycles. The maximum absolute atomic E-state index is 12.0. The van der Waals surface area contributed by atoms with Gasteiger partial charge in [0.15, 0.2) is 5.78 Å². The Labute approximate surface area is 94.5 Å². The first-order valence-corrected chi connectivity index (χ1v) is 6.13. The van der Waals surface area contributed by atoms with Gasteiger partial charge in [-0.2, -0.15) is 0 Å². The van der Waals surface area contributed by atoms with Crippen LogP contribution < -0.4 is 0 Å². The van der Waals surface area contributed by atoms with E-state index in [2.05, 4.69) is 0 Å². The summed E-state index contributed by atoms with van der Waals surface area (Å²) in [4.78, 5) is 23.5. The molecule has 1 N–H and O–H groups in total. The predicted octanol–water partition coefficient (Wildman–Crippen LogP) is 2.17. The minimum atomic E-state index is -0.647. The van der Waals surface area contributed by atoms with Crippen molar-refractivity contribution in [1.82, 2.24) is 0 Å². The van der Waals surface area contributed by atoms with Crippen molar-refractivity contribution >= 4 is 11.6 Å². The Morgan fingerprint density at radius 3 is 2.06 bits per heavy atom. The van der Waals surface area contributed by atoms with Gasteiger partial charge < -0.3 is 5.11 Å². The summed E-state index contributed by atoms with van der Waals surface area (Å²) in [6, 6.07) is 0. The molecule has 3 aliphatic rings. The van der Waals surface area contributed by atoms with Gasteiger partial charge >= 0.3 is 0 Å². The number of Topliss-reactive ketones (excluding diaryl/α,β-unsaturated/α-hetero) is 1. The highest BCUT2D eigenvalue weighted by Gasteiger charge is 2.57. The minimum Gasteiger partial charge on any atom is -0.511 e. The summed E-state index contributed by atoms with van der Waals surface area (Å²) >= 11 is 0. The summed E-state index contributed by atoms with van der Waals surface area (Å²) in [6.07, 6.45) is 6.57. The van der Waals surface area contributed by atoms with Crippen LogP contribution in [0.1, 0.15) is 38.5 Å². The van der Waals surface area contributed by atoms with Crippen molar-refractivity contribution < 1.29 is 14.7 Å². The van der Waals surface area contributed by atoms with Gasteiger partial charge in [-0.1, -0.05) is 0 Å². The summed E-state index contributed by atoms with van der Waals surface area (Å²) in [5, 5.41) is 9.95. The first-order valence-electron chi connectivity index (χ1n) is 6.13. The molecule has 0 aliphatic heterocycles. The standard InChI is InChI=1S/C13H16O3/c14-10(8-1-2-8)7-11(15)13(5-6-13)12(16)9-3-4-9/h7-9,15H,1-6H2/b11-7-. The molecule has 0 radical (unpaired) electrons. The summed E-state index contributed by atoms with van der Waals surface area (Å²) in [5.74, 6) is 0.501. The third-order valence-corrected chi connectivity index (χ3v) is 3.92. The molecule has 0 aromatic heterocycles. The first kappa shape index (κ1) is 10.1. The predicted molar refractivity (Wildman–Crippen MR) is 57.8 cm³/mol. The molecule has 16 heavy (non-hydrogen) atoms. The molecule has 0 spiro atoms. The van der Waals surface area contributed by atoms with Gasteiger partial charge in [-0.3, -0.25) is 9.59 Å². The van der Waals surface area contributed by atoms with E-state index in [1.165, 1.54) is 6.08 Å². The number of rotatable bonds is 5. The highest BCUT2D eigenvalue weighted by Crippen LogP contribution is 2.56. The van der Waals surface area contributed by atoms with Crippen molar-refractivity contribution in [2.24, 2.45) is 17.3 Å². The lowest BCUT2D eigenvalue weighted by molar-refractivity contribution is -0.125. The van der Waals surface area contributed by atoms with E-state index in [1.54, 1.807) is 0 Å². The second kappa shape index (κ2) is 3.19. The maximum atomic E-state index is 12.0. The number of allylic oxidation sites excluding steroid dienone is 2. The van der Waals surface area contributed by atoms with Crippen LogP contribution in [0.25, 0.3) is 0 Å². The van der Waals surface area contributed by atoms with Crippen molar-refractivity contribution in [2.45, 2.75) is 38.5 Å². The molecular formula is C13H16O3. The van der Waals surface area contributed by atoms with Gasteiger partial charge in [0.05, 0.1) is 5.41 Å². The highest BCUT2D eigenvalue weighted by atomic mass is 16.3. The summed E-state index contributed by atoms with van der Waals surface area (Å²) in [7, 11) is 0. The lowest BCUT2D eigenvalue weighted by atomic mass is 9.94. The zero-order chi connectivity index (χ0) is 11.3. The summed E-state index contributed by atoms with van der Waals surface area (Å²) in [5.41, 5.74) is -0.647. The van der Waals surface area contributed by atoms with Crippen molar-refractivity contribution in [2.75, 3.05) is 0 Å². The summed E-state index contributed by atoms with van der Waals surface area (Å²) < 4.78 is 0. The number of ketones is 2. The molecule has 0 saturated heterocycles. The quantitative estimate of drug-likeness (QED) is 0.570. The van der Waals surface area contributed by atoms with E-state index in [4.69, 9.17) is 0 Å². The van der Waals surface area contributed by atoms with E-state index in [9.17, 15) is 14.7 Å². The van der Waals surface area contributed by atoms with Crippen LogP contribution in [-0.4, -0.2) is 16.7 Å². The molecule has 3 fully saturated rings. The smallest absolute Gasteiger partial charge is 0.162 e. The second-order valence-corrected chi connectivity index (χ2v) is 5.43. The number of carbonyl (C=O) groups is 2. The van der Waals surface area contributed by atoms with Crippen LogP contribution in [0.15, 0.2) is 11.8 Å². The van der Waals surface area contributed by atoms with Crippen molar-refractivity contribution in [3.05, 3.63) is 11.8 Å². The zero-order valence-electron chi connectivity index (χ0n) is 9.24. The van der Waals surface area contributed by atoms with Crippen molar-refractivity contribution in [1.29, 1.82) is 0 Å². The van der Waals surface area contributed by atoms with E-state index in [-0.39, 0.29) is 29.2 Å². The molecule has 3 heteroatoms. The van der Waals surface area contributed by atoms with Crippen LogP contribution in [0.4, 0.5) is 0 Å². The fourth-order valence-corrected chi connectivity index (χ4v) is 2.25. The van der Waals surface area contributed by atoms with E-state index in [0.29, 0.717) is 0 Å². The Bertz CT molecular complexity index is 382. The molecule has 0 bridgehead atoms. The van der Waals surface area contributed by atoms with Gasteiger partial charge in [0.2, 0.25) is 0 Å². The van der Waals surface area contributed by atoms with Gasteiger partial charge in [0.25, 0.3) is 0 Å². The van der Waals surface area contributed by atoms with Crippen LogP contribution in [0.3, 0.4) is 0 Å². The maximum Gasteiger partial charge on any atom is 0.162 e. The molecule has 86 valence electrons. The van der Waals surface area contributed by atoms with Crippen LogP contribution in [0, 0.1) is 17.3 Å². The second-order valence-electron chi connectivity index (χ2n) is 5.43. The lowest BCUT2D eigenvalue weighted by Crippen LogP contribution is -2.21. The largest absolute Gasteiger partial charge is 0.511 e. The normalized spacial score (nSPS) is 27.6. The van der Waals surface area contributed by atoms with Crippen LogP contribution >= 0.6 is 0 Å². The molecule has 3 saturated carbocycles. The Kier molecular flexibility index (Phi) is 2.00. The zero-order valence-corrected chi connectivity index (χ0v) is 9.24. The van der Waals surface area contributed by atoms with Gasteiger partial charge in [-0.25, -0.2) is 0 Å². The van der Waals surface area contributed by atoms with Crippen LogP contribution in [0.5, 0.6) is 0 Å². The Hall–Kier alpha value is -1.12. The molecular weight excluding hydrogens is 204 g/mol. The van der Waals surface area contributed by atoms with Crippen molar-refractivity contribution in [3.8, 4) is 0 Å². The Balaban J connectivity index is 1.75. The molecule has 0 aromatic rings. The topological polar surface area (TPSA) is 54.4 Å². The molecule has 3 rings (SSSR count). The lowest BCUT2D eigenvalue weighted by Gasteiger charge is -2.12. The first-order chi connectivity index (χ1) is 7.63. The monoisotopic (exact) mass is 220 g/mol. The molecule has 0 aromatic carbocycles. The van der Waals surface area contributed by atoms with E-state index in [0.717, 1.165) is 38.5 Å². The van der Waals surface area contributed by atoms with Gasteiger partial charge in [-0.05, 0) is 38.5 Å². The third-order valence-electron chi connectivity index (χ3n) is 3.92. The average Bonchev–Trinajstić information content (AvgIpc) is 3.20. The molecule has 0 unspecified atom stereocenters.